The van der Waals surface area contributed by atoms with Crippen LogP contribution in [0.2, 0.25) is 0 Å². The molecule has 2 amide bonds. The first-order valence-corrected chi connectivity index (χ1v) is 10.2. The summed E-state index contributed by atoms with van der Waals surface area (Å²) in [5.74, 6) is -1.32. The zero-order valence-electron chi connectivity index (χ0n) is 17.3. The highest BCUT2D eigenvalue weighted by molar-refractivity contribution is 6.10. The Morgan fingerprint density at radius 1 is 1.28 bits per heavy atom. The van der Waals surface area contributed by atoms with Crippen molar-refractivity contribution < 1.29 is 14.0 Å². The van der Waals surface area contributed by atoms with Crippen LogP contribution in [-0.4, -0.2) is 48.1 Å². The Labute approximate surface area is 182 Å². The van der Waals surface area contributed by atoms with E-state index in [1.54, 1.807) is 42.3 Å². The summed E-state index contributed by atoms with van der Waals surface area (Å²) in [5, 5.41) is 8.02. The second kappa shape index (κ2) is 7.56. The second-order valence-corrected chi connectivity index (χ2v) is 7.68. The van der Waals surface area contributed by atoms with Gasteiger partial charge in [-0.3, -0.25) is 24.3 Å². The standard InChI is InChI=1S/C22H20FN7O2/c1-28-20-15-9-14(17(23)10-18(15)27-21(24)16(20)11-26-28)22(32)30(29-8-4-6-19(29)31)12-13-5-2-3-7-25-13/h2-3,5,7,9-11H,4,6,8,12H2,1H3,(H2,24,27). The van der Waals surface area contributed by atoms with Crippen LogP contribution in [0.4, 0.5) is 10.2 Å². The topological polar surface area (TPSA) is 110 Å². The molecule has 4 aromatic rings. The lowest BCUT2D eigenvalue weighted by Gasteiger charge is -2.31. The van der Waals surface area contributed by atoms with E-state index in [0.717, 1.165) is 0 Å². The average Bonchev–Trinajstić information content (AvgIpc) is 3.38. The molecule has 1 aromatic carbocycles. The van der Waals surface area contributed by atoms with E-state index in [9.17, 15) is 9.59 Å². The summed E-state index contributed by atoms with van der Waals surface area (Å²) in [5.41, 5.74) is 7.39. The van der Waals surface area contributed by atoms with E-state index in [0.29, 0.717) is 46.9 Å². The zero-order valence-corrected chi connectivity index (χ0v) is 17.3. The van der Waals surface area contributed by atoms with Gasteiger partial charge in [0.2, 0.25) is 5.91 Å². The smallest absolute Gasteiger partial charge is 0.275 e. The number of hydrogen-bond donors (Lipinski definition) is 1. The van der Waals surface area contributed by atoms with Crippen molar-refractivity contribution in [3.8, 4) is 0 Å². The van der Waals surface area contributed by atoms with E-state index in [1.165, 1.54) is 22.2 Å². The van der Waals surface area contributed by atoms with E-state index in [1.807, 2.05) is 0 Å². The van der Waals surface area contributed by atoms with Gasteiger partial charge in [0.05, 0.1) is 40.4 Å². The normalized spacial score (nSPS) is 13.9. The van der Waals surface area contributed by atoms with Crippen LogP contribution in [0.1, 0.15) is 28.9 Å². The number of carbonyl (C=O) groups is 2. The summed E-state index contributed by atoms with van der Waals surface area (Å²) in [6, 6.07) is 7.95. The largest absolute Gasteiger partial charge is 0.383 e. The number of amides is 2. The van der Waals surface area contributed by atoms with Crippen LogP contribution in [0.3, 0.4) is 0 Å². The first-order valence-electron chi connectivity index (χ1n) is 10.2. The third-order valence-electron chi connectivity index (χ3n) is 5.64. The number of carbonyl (C=O) groups excluding carboxylic acids is 2. The minimum atomic E-state index is -0.742. The van der Waals surface area contributed by atoms with Crippen molar-refractivity contribution in [2.45, 2.75) is 19.4 Å². The Bertz CT molecular complexity index is 1370. The van der Waals surface area contributed by atoms with Crippen LogP contribution in [0.15, 0.2) is 42.7 Å². The summed E-state index contributed by atoms with van der Waals surface area (Å²) in [6.07, 6.45) is 4.16. The summed E-state index contributed by atoms with van der Waals surface area (Å²) < 4.78 is 16.8. The molecular weight excluding hydrogens is 413 g/mol. The summed E-state index contributed by atoms with van der Waals surface area (Å²) in [7, 11) is 1.74. The maximum atomic E-state index is 15.1. The highest BCUT2D eigenvalue weighted by Gasteiger charge is 2.32. The van der Waals surface area contributed by atoms with E-state index in [-0.39, 0.29) is 23.8 Å². The van der Waals surface area contributed by atoms with Crippen molar-refractivity contribution in [1.29, 1.82) is 0 Å². The molecule has 2 N–H and O–H groups in total. The molecular formula is C22H20FN7O2. The number of aryl methyl sites for hydroxylation is 1. The number of nitrogen functional groups attached to an aromatic ring is 1. The highest BCUT2D eigenvalue weighted by atomic mass is 19.1. The number of rotatable bonds is 4. The third kappa shape index (κ3) is 3.20. The monoisotopic (exact) mass is 433 g/mol. The average molecular weight is 433 g/mol. The lowest BCUT2D eigenvalue weighted by atomic mass is 10.1. The molecule has 1 aliphatic rings. The van der Waals surface area contributed by atoms with Gasteiger partial charge in [0, 0.05) is 37.7 Å². The summed E-state index contributed by atoms with van der Waals surface area (Å²) >= 11 is 0. The Balaban J connectivity index is 1.64. The lowest BCUT2D eigenvalue weighted by Crippen LogP contribution is -2.47. The fraction of sp³-hybridized carbons (Fsp3) is 0.227. The number of hydrogen-bond acceptors (Lipinski definition) is 6. The Morgan fingerprint density at radius 3 is 2.84 bits per heavy atom. The molecule has 0 bridgehead atoms. The zero-order chi connectivity index (χ0) is 22.4. The Morgan fingerprint density at radius 2 is 2.12 bits per heavy atom. The molecule has 0 saturated carbocycles. The number of fused-ring (bicyclic) bond motifs is 3. The van der Waals surface area contributed by atoms with Crippen LogP contribution >= 0.6 is 0 Å². The van der Waals surface area contributed by atoms with E-state index in [4.69, 9.17) is 5.73 Å². The predicted octanol–water partition coefficient (Wildman–Crippen LogP) is 2.42. The van der Waals surface area contributed by atoms with Gasteiger partial charge in [0.1, 0.15) is 11.6 Å². The highest BCUT2D eigenvalue weighted by Crippen LogP contribution is 2.30. The van der Waals surface area contributed by atoms with E-state index in [2.05, 4.69) is 15.1 Å². The van der Waals surface area contributed by atoms with Gasteiger partial charge in [-0.05, 0) is 24.6 Å². The molecule has 4 heterocycles. The number of pyridine rings is 2. The molecule has 1 saturated heterocycles. The molecule has 162 valence electrons. The molecule has 32 heavy (non-hydrogen) atoms. The fourth-order valence-corrected chi connectivity index (χ4v) is 4.08. The van der Waals surface area contributed by atoms with Crippen molar-refractivity contribution in [1.82, 2.24) is 29.8 Å². The number of benzene rings is 1. The predicted molar refractivity (Wildman–Crippen MR) is 115 cm³/mol. The maximum absolute atomic E-state index is 15.1. The van der Waals surface area contributed by atoms with Gasteiger partial charge < -0.3 is 5.73 Å². The van der Waals surface area contributed by atoms with Crippen LogP contribution in [0.25, 0.3) is 21.8 Å². The van der Waals surface area contributed by atoms with Gasteiger partial charge in [-0.15, -0.1) is 0 Å². The fourth-order valence-electron chi connectivity index (χ4n) is 4.08. The van der Waals surface area contributed by atoms with Gasteiger partial charge in [0.15, 0.2) is 0 Å². The molecule has 0 atom stereocenters. The summed E-state index contributed by atoms with van der Waals surface area (Å²) in [4.78, 5) is 34.5. The number of anilines is 1. The number of halogens is 1. The van der Waals surface area contributed by atoms with Gasteiger partial charge in [-0.25, -0.2) is 14.4 Å². The molecule has 1 fully saturated rings. The maximum Gasteiger partial charge on any atom is 0.275 e. The number of nitrogens with zero attached hydrogens (tertiary/aromatic N) is 6. The van der Waals surface area contributed by atoms with Crippen LogP contribution in [-0.2, 0) is 18.4 Å². The molecule has 0 aliphatic carbocycles. The second-order valence-electron chi connectivity index (χ2n) is 7.68. The SMILES string of the molecule is Cn1ncc2c(N)nc3cc(F)c(C(=O)N(Cc4ccccn4)N4CCCC4=O)cc3c21. The molecule has 0 unspecified atom stereocenters. The first kappa shape index (κ1) is 19.9. The molecule has 3 aromatic heterocycles. The minimum absolute atomic E-state index is 0.0456. The van der Waals surface area contributed by atoms with Crippen LogP contribution in [0, 0.1) is 5.82 Å². The third-order valence-corrected chi connectivity index (χ3v) is 5.64. The number of nitrogens with two attached hydrogens (primary N) is 1. The minimum Gasteiger partial charge on any atom is -0.383 e. The number of aromatic nitrogens is 4. The summed E-state index contributed by atoms with van der Waals surface area (Å²) in [6.45, 7) is 0.431. The van der Waals surface area contributed by atoms with Gasteiger partial charge >= 0.3 is 0 Å². The van der Waals surface area contributed by atoms with E-state index >= 15 is 4.39 Å². The van der Waals surface area contributed by atoms with Gasteiger partial charge in [0.25, 0.3) is 5.91 Å². The Hall–Kier alpha value is -4.08. The van der Waals surface area contributed by atoms with E-state index < -0.39 is 11.7 Å². The van der Waals surface area contributed by atoms with Crippen molar-refractivity contribution in [3.05, 3.63) is 59.8 Å². The van der Waals surface area contributed by atoms with Gasteiger partial charge in [-0.1, -0.05) is 6.07 Å². The molecule has 9 nitrogen and oxygen atoms in total. The van der Waals surface area contributed by atoms with Crippen molar-refractivity contribution in [2.24, 2.45) is 7.05 Å². The molecule has 1 aliphatic heterocycles. The van der Waals surface area contributed by atoms with Crippen LogP contribution in [0.5, 0.6) is 0 Å². The molecule has 0 radical (unpaired) electrons. The van der Waals surface area contributed by atoms with Gasteiger partial charge in [-0.2, -0.15) is 5.10 Å². The molecule has 5 rings (SSSR count). The van der Waals surface area contributed by atoms with Crippen molar-refractivity contribution >= 4 is 39.4 Å². The molecule has 0 spiro atoms. The Kier molecular flexibility index (Phi) is 4.69. The van der Waals surface area contributed by atoms with Crippen molar-refractivity contribution in [3.63, 3.8) is 0 Å². The number of hydrazine groups is 1. The molecule has 10 heteroatoms. The lowest BCUT2D eigenvalue weighted by molar-refractivity contribution is -0.140. The van der Waals surface area contributed by atoms with Crippen LogP contribution < -0.4 is 5.73 Å². The quantitative estimate of drug-likeness (QED) is 0.529. The van der Waals surface area contributed by atoms with Crippen molar-refractivity contribution in [2.75, 3.05) is 12.3 Å². The first-order chi connectivity index (χ1) is 15.4.